The Hall–Kier alpha value is -3.51. The Morgan fingerprint density at radius 3 is 2.41 bits per heavy atom. The average molecular weight is 456 g/mol. The number of nitrogens with zero attached hydrogens (tertiary/aromatic N) is 3. The predicted molar refractivity (Wildman–Crippen MR) is 132 cm³/mol. The Bertz CT molecular complexity index is 1340. The van der Waals surface area contributed by atoms with Crippen LogP contribution in [0.4, 0.5) is 0 Å². The summed E-state index contributed by atoms with van der Waals surface area (Å²) in [5.74, 6) is 1.51. The number of benzene rings is 2. The highest BCUT2D eigenvalue weighted by Crippen LogP contribution is 2.35. The molecule has 6 heteroatoms. The van der Waals surface area contributed by atoms with Gasteiger partial charge < -0.3 is 9.47 Å². The minimum absolute atomic E-state index is 0.114. The third kappa shape index (κ3) is 3.99. The molecule has 1 aliphatic rings. The van der Waals surface area contributed by atoms with E-state index in [1.807, 2.05) is 30.5 Å². The number of hydrogen-bond acceptors (Lipinski definition) is 5. The lowest BCUT2D eigenvalue weighted by Crippen LogP contribution is -2.21. The Kier molecular flexibility index (Phi) is 5.92. The van der Waals surface area contributed by atoms with Crippen LogP contribution < -0.4 is 4.74 Å². The summed E-state index contributed by atoms with van der Waals surface area (Å²) in [5, 5.41) is 4.71. The first kappa shape index (κ1) is 22.3. The van der Waals surface area contributed by atoms with E-state index in [1.54, 1.807) is 18.7 Å². The van der Waals surface area contributed by atoms with Gasteiger partial charge in [0.25, 0.3) is 0 Å². The molecule has 0 saturated heterocycles. The second-order valence-electron chi connectivity index (χ2n) is 9.20. The molecule has 1 unspecified atom stereocenters. The molecule has 5 rings (SSSR count). The zero-order valence-corrected chi connectivity index (χ0v) is 20.0. The minimum atomic E-state index is 0.114. The van der Waals surface area contributed by atoms with Crippen molar-refractivity contribution >= 4 is 11.4 Å². The summed E-state index contributed by atoms with van der Waals surface area (Å²) >= 11 is 0. The van der Waals surface area contributed by atoms with Crippen LogP contribution in [0.25, 0.3) is 16.8 Å². The average Bonchev–Trinajstić information content (AvgIpc) is 3.20. The van der Waals surface area contributed by atoms with E-state index in [0.717, 1.165) is 40.3 Å². The monoisotopic (exact) mass is 455 g/mol. The summed E-state index contributed by atoms with van der Waals surface area (Å²) in [7, 11) is 3.30. The molecule has 0 spiro atoms. The molecule has 6 nitrogen and oxygen atoms in total. The van der Waals surface area contributed by atoms with Gasteiger partial charge in [-0.1, -0.05) is 50.2 Å². The molecule has 0 amide bonds. The van der Waals surface area contributed by atoms with E-state index in [2.05, 4.69) is 38.1 Å². The van der Waals surface area contributed by atoms with Crippen LogP contribution in [0.3, 0.4) is 0 Å². The normalized spacial score (nSPS) is 15.7. The zero-order chi connectivity index (χ0) is 23.8. The number of carbonyl (C=O) groups excluding carboxylic acids is 1. The fourth-order valence-electron chi connectivity index (χ4n) is 4.76. The molecule has 0 aliphatic heterocycles. The van der Waals surface area contributed by atoms with E-state index < -0.39 is 0 Å². The number of rotatable bonds is 6. The highest BCUT2D eigenvalue weighted by Gasteiger charge is 2.29. The van der Waals surface area contributed by atoms with Crippen molar-refractivity contribution in [2.45, 2.75) is 45.1 Å². The van der Waals surface area contributed by atoms with Crippen LogP contribution in [0.5, 0.6) is 5.75 Å². The zero-order valence-electron chi connectivity index (χ0n) is 20.0. The molecule has 174 valence electrons. The number of ether oxygens (including phenoxy) is 2. The van der Waals surface area contributed by atoms with E-state index in [-0.39, 0.29) is 11.7 Å². The van der Waals surface area contributed by atoms with Gasteiger partial charge in [0.15, 0.2) is 11.4 Å². The number of Topliss-reactive ketones (excluding diaryl/α,β-unsaturated/α-hetero) is 1. The molecule has 2 heterocycles. The molecule has 0 N–H and O–H groups in total. The smallest absolute Gasteiger partial charge is 0.166 e. The fourth-order valence-corrected chi connectivity index (χ4v) is 4.76. The third-order valence-electron chi connectivity index (χ3n) is 6.67. The van der Waals surface area contributed by atoms with Gasteiger partial charge in [0.1, 0.15) is 5.75 Å². The van der Waals surface area contributed by atoms with Crippen molar-refractivity contribution in [3.63, 3.8) is 0 Å². The maximum Gasteiger partial charge on any atom is 0.166 e. The van der Waals surface area contributed by atoms with Crippen LogP contribution in [0.1, 0.15) is 65.0 Å². The Morgan fingerprint density at radius 1 is 1.03 bits per heavy atom. The maximum absolute atomic E-state index is 13.1. The van der Waals surface area contributed by atoms with Crippen molar-refractivity contribution in [1.82, 2.24) is 14.6 Å². The second-order valence-corrected chi connectivity index (χ2v) is 9.20. The third-order valence-corrected chi connectivity index (χ3v) is 6.67. The van der Waals surface area contributed by atoms with Crippen molar-refractivity contribution in [3.05, 3.63) is 82.8 Å². The lowest BCUT2D eigenvalue weighted by atomic mass is 9.81. The largest absolute Gasteiger partial charge is 0.497 e. The molecule has 1 atom stereocenters. The van der Waals surface area contributed by atoms with E-state index in [4.69, 9.17) is 19.6 Å². The summed E-state index contributed by atoms with van der Waals surface area (Å²) in [6.07, 6.45) is 3.05. The van der Waals surface area contributed by atoms with Gasteiger partial charge in [-0.2, -0.15) is 5.10 Å². The first-order valence-corrected chi connectivity index (χ1v) is 11.7. The van der Waals surface area contributed by atoms with Crippen LogP contribution in [-0.4, -0.2) is 34.6 Å². The quantitative estimate of drug-likeness (QED) is 0.379. The highest BCUT2D eigenvalue weighted by atomic mass is 16.5. The van der Waals surface area contributed by atoms with E-state index in [9.17, 15) is 4.79 Å². The number of aromatic nitrogens is 3. The SMILES string of the molecule is COCc1nn2cc3c(nc2c1-c1ccc(OC)cc1)CC(c1ccc(C(C)C)cc1)CC3=O. The van der Waals surface area contributed by atoms with Crippen molar-refractivity contribution in [1.29, 1.82) is 0 Å². The second kappa shape index (κ2) is 9.03. The molecule has 0 bridgehead atoms. The van der Waals surface area contributed by atoms with E-state index in [0.29, 0.717) is 24.5 Å². The van der Waals surface area contributed by atoms with Gasteiger partial charge in [-0.05, 0) is 47.1 Å². The summed E-state index contributed by atoms with van der Waals surface area (Å²) in [4.78, 5) is 18.1. The van der Waals surface area contributed by atoms with Gasteiger partial charge in [-0.25, -0.2) is 9.50 Å². The molecule has 2 aromatic heterocycles. The summed E-state index contributed by atoms with van der Waals surface area (Å²) in [5.41, 5.74) is 7.42. The Labute approximate surface area is 199 Å². The first-order chi connectivity index (χ1) is 16.5. The molecule has 34 heavy (non-hydrogen) atoms. The van der Waals surface area contributed by atoms with Crippen molar-refractivity contribution in [2.24, 2.45) is 0 Å². The lowest BCUT2D eigenvalue weighted by Gasteiger charge is -2.23. The first-order valence-electron chi connectivity index (χ1n) is 11.7. The van der Waals surface area contributed by atoms with Crippen molar-refractivity contribution in [2.75, 3.05) is 14.2 Å². The van der Waals surface area contributed by atoms with E-state index >= 15 is 0 Å². The molecule has 2 aromatic carbocycles. The molecular weight excluding hydrogens is 426 g/mol. The molecule has 0 saturated carbocycles. The van der Waals surface area contributed by atoms with Crippen molar-refractivity contribution < 1.29 is 14.3 Å². The number of carbonyl (C=O) groups is 1. The number of ketones is 1. The van der Waals surface area contributed by atoms with E-state index in [1.165, 1.54) is 11.1 Å². The molecule has 1 aliphatic carbocycles. The molecule has 4 aromatic rings. The highest BCUT2D eigenvalue weighted by molar-refractivity contribution is 5.99. The van der Waals surface area contributed by atoms with Crippen LogP contribution in [0.2, 0.25) is 0 Å². The minimum Gasteiger partial charge on any atom is -0.497 e. The standard InChI is InChI=1S/C28H29N3O3/c1-17(2)18-5-7-19(8-6-18)21-13-24-23(26(32)14-21)15-31-28(29-24)27(25(30-31)16-33-3)20-9-11-22(34-4)12-10-20/h5-12,15,17,21H,13-14,16H2,1-4H3. The Morgan fingerprint density at radius 2 is 1.76 bits per heavy atom. The van der Waals surface area contributed by atoms with Crippen LogP contribution in [0, 0.1) is 0 Å². The number of methoxy groups -OCH3 is 2. The summed E-state index contributed by atoms with van der Waals surface area (Å²) in [6.45, 7) is 4.73. The van der Waals surface area contributed by atoms with Gasteiger partial charge in [0.2, 0.25) is 0 Å². The van der Waals surface area contributed by atoms with Crippen LogP contribution in [-0.2, 0) is 17.8 Å². The number of hydrogen-bond donors (Lipinski definition) is 0. The van der Waals surface area contributed by atoms with Gasteiger partial charge in [0.05, 0.1) is 36.2 Å². The van der Waals surface area contributed by atoms with Crippen LogP contribution >= 0.6 is 0 Å². The molecular formula is C28H29N3O3. The molecule has 0 fully saturated rings. The molecule has 0 radical (unpaired) electrons. The maximum atomic E-state index is 13.1. The summed E-state index contributed by atoms with van der Waals surface area (Å²) in [6, 6.07) is 16.5. The lowest BCUT2D eigenvalue weighted by molar-refractivity contribution is 0.0962. The van der Waals surface area contributed by atoms with Gasteiger partial charge >= 0.3 is 0 Å². The number of fused-ring (bicyclic) bond motifs is 2. The van der Waals surface area contributed by atoms with Crippen LogP contribution in [0.15, 0.2) is 54.7 Å². The topological polar surface area (TPSA) is 65.7 Å². The fraction of sp³-hybridized carbons (Fsp3) is 0.321. The van der Waals surface area contributed by atoms with Gasteiger partial charge in [0, 0.05) is 19.7 Å². The van der Waals surface area contributed by atoms with Gasteiger partial charge in [-0.15, -0.1) is 0 Å². The van der Waals surface area contributed by atoms with Crippen molar-refractivity contribution in [3.8, 4) is 16.9 Å². The predicted octanol–water partition coefficient (Wildman–Crippen LogP) is 5.59. The Balaban J connectivity index is 1.58. The summed E-state index contributed by atoms with van der Waals surface area (Å²) < 4.78 is 12.5. The van der Waals surface area contributed by atoms with Gasteiger partial charge in [-0.3, -0.25) is 4.79 Å².